The van der Waals surface area contributed by atoms with Crippen LogP contribution in [0.25, 0.3) is 22.2 Å². The third-order valence-corrected chi connectivity index (χ3v) is 3.30. The van der Waals surface area contributed by atoms with Crippen LogP contribution in [0.1, 0.15) is 13.3 Å². The average molecular weight is 283 g/mol. The molecule has 0 saturated heterocycles. The van der Waals surface area contributed by atoms with Gasteiger partial charge in [-0.2, -0.15) is 5.10 Å². The number of nitrogens with one attached hydrogen (secondary N) is 2. The van der Waals surface area contributed by atoms with Crippen molar-refractivity contribution in [3.8, 4) is 11.3 Å². The van der Waals surface area contributed by atoms with Gasteiger partial charge in [-0.15, -0.1) is 0 Å². The molecule has 0 aliphatic heterocycles. The minimum absolute atomic E-state index is 0.0617. The third kappa shape index (κ3) is 2.50. The summed E-state index contributed by atoms with van der Waals surface area (Å²) in [5.74, 6) is -0.376. The summed E-state index contributed by atoms with van der Waals surface area (Å²) < 4.78 is 13.2. The molecule has 0 unspecified atom stereocenters. The molecular formula is C16H14FN3O. The molecule has 1 aromatic heterocycles. The lowest BCUT2D eigenvalue weighted by Crippen LogP contribution is -2.10. The highest BCUT2D eigenvalue weighted by molar-refractivity contribution is 6.00. The number of halogens is 1. The molecule has 2 N–H and O–H groups in total. The van der Waals surface area contributed by atoms with E-state index in [1.807, 2.05) is 24.3 Å². The molecular weight excluding hydrogens is 269 g/mol. The number of carbonyl (C=O) groups is 1. The Hall–Kier alpha value is -2.69. The number of fused-ring (bicyclic) bond motifs is 1. The number of para-hydroxylation sites is 1. The lowest BCUT2D eigenvalue weighted by Gasteiger charge is -2.08. The van der Waals surface area contributed by atoms with Crippen molar-refractivity contribution in [1.29, 1.82) is 0 Å². The van der Waals surface area contributed by atoms with Gasteiger partial charge in [0.2, 0.25) is 5.91 Å². The van der Waals surface area contributed by atoms with Crippen molar-refractivity contribution in [3.05, 3.63) is 48.3 Å². The van der Waals surface area contributed by atoms with Crippen LogP contribution in [0.5, 0.6) is 0 Å². The Morgan fingerprint density at radius 3 is 2.90 bits per heavy atom. The monoisotopic (exact) mass is 283 g/mol. The molecule has 0 aliphatic rings. The van der Waals surface area contributed by atoms with Crippen molar-refractivity contribution < 1.29 is 9.18 Å². The Morgan fingerprint density at radius 2 is 2.10 bits per heavy atom. The smallest absolute Gasteiger partial charge is 0.224 e. The van der Waals surface area contributed by atoms with Crippen molar-refractivity contribution in [2.75, 3.05) is 5.32 Å². The molecule has 3 rings (SSSR count). The van der Waals surface area contributed by atoms with Gasteiger partial charge in [-0.3, -0.25) is 9.89 Å². The zero-order valence-corrected chi connectivity index (χ0v) is 11.5. The van der Waals surface area contributed by atoms with Gasteiger partial charge in [-0.25, -0.2) is 4.39 Å². The second kappa shape index (κ2) is 5.36. The van der Waals surface area contributed by atoms with Gasteiger partial charge in [-0.05, 0) is 24.3 Å². The maximum absolute atomic E-state index is 13.2. The van der Waals surface area contributed by atoms with Gasteiger partial charge in [0, 0.05) is 17.4 Å². The lowest BCUT2D eigenvalue weighted by molar-refractivity contribution is -0.115. The van der Waals surface area contributed by atoms with E-state index in [0.717, 1.165) is 10.9 Å². The highest BCUT2D eigenvalue weighted by Crippen LogP contribution is 2.32. The lowest BCUT2D eigenvalue weighted by atomic mass is 10.1. The van der Waals surface area contributed by atoms with Gasteiger partial charge in [0.25, 0.3) is 0 Å². The molecule has 4 nitrogen and oxygen atoms in total. The summed E-state index contributed by atoms with van der Waals surface area (Å²) in [7, 11) is 0. The Labute approximate surface area is 121 Å². The highest BCUT2D eigenvalue weighted by Gasteiger charge is 2.13. The first-order valence-corrected chi connectivity index (χ1v) is 6.72. The normalized spacial score (nSPS) is 10.8. The van der Waals surface area contributed by atoms with Gasteiger partial charge in [0.1, 0.15) is 11.5 Å². The van der Waals surface area contributed by atoms with E-state index in [0.29, 0.717) is 23.3 Å². The van der Waals surface area contributed by atoms with Crippen LogP contribution >= 0.6 is 0 Å². The van der Waals surface area contributed by atoms with Crippen LogP contribution in [0.15, 0.2) is 42.5 Å². The van der Waals surface area contributed by atoms with E-state index in [4.69, 9.17) is 0 Å². The predicted molar refractivity (Wildman–Crippen MR) is 80.4 cm³/mol. The summed E-state index contributed by atoms with van der Waals surface area (Å²) in [5, 5.41) is 10.7. The summed E-state index contributed by atoms with van der Waals surface area (Å²) in [6.07, 6.45) is 0.404. The number of aromatic amines is 1. The fourth-order valence-corrected chi connectivity index (χ4v) is 2.23. The van der Waals surface area contributed by atoms with Crippen LogP contribution in [-0.2, 0) is 4.79 Å². The molecule has 0 spiro atoms. The molecule has 0 atom stereocenters. The number of carbonyl (C=O) groups excluding carboxylic acids is 1. The molecule has 3 aromatic rings. The van der Waals surface area contributed by atoms with Crippen LogP contribution in [0.2, 0.25) is 0 Å². The summed E-state index contributed by atoms with van der Waals surface area (Å²) in [5.41, 5.74) is 2.82. The summed E-state index contributed by atoms with van der Waals surface area (Å²) in [6, 6.07) is 11.9. The topological polar surface area (TPSA) is 57.8 Å². The molecule has 21 heavy (non-hydrogen) atoms. The maximum Gasteiger partial charge on any atom is 0.224 e. The van der Waals surface area contributed by atoms with Gasteiger partial charge in [-0.1, -0.05) is 25.1 Å². The highest BCUT2D eigenvalue weighted by atomic mass is 19.1. The summed E-state index contributed by atoms with van der Waals surface area (Å²) in [6.45, 7) is 1.80. The quantitative estimate of drug-likeness (QED) is 0.769. The van der Waals surface area contributed by atoms with E-state index in [1.54, 1.807) is 13.0 Å². The van der Waals surface area contributed by atoms with Crippen molar-refractivity contribution in [1.82, 2.24) is 10.2 Å². The fraction of sp³-hybridized carbons (Fsp3) is 0.125. The van der Waals surface area contributed by atoms with E-state index in [1.165, 1.54) is 12.1 Å². The first-order chi connectivity index (χ1) is 10.2. The third-order valence-electron chi connectivity index (χ3n) is 3.30. The van der Waals surface area contributed by atoms with Crippen molar-refractivity contribution in [3.63, 3.8) is 0 Å². The molecule has 0 aliphatic carbocycles. The number of nitrogens with zero attached hydrogens (tertiary/aromatic N) is 1. The molecule has 1 heterocycles. The van der Waals surface area contributed by atoms with Crippen LogP contribution in [0.3, 0.4) is 0 Å². The van der Waals surface area contributed by atoms with Crippen LogP contribution in [-0.4, -0.2) is 16.1 Å². The molecule has 2 aromatic carbocycles. The Kier molecular flexibility index (Phi) is 3.39. The Bertz CT molecular complexity index is 810. The molecule has 106 valence electrons. The van der Waals surface area contributed by atoms with Crippen molar-refractivity contribution in [2.24, 2.45) is 0 Å². The van der Waals surface area contributed by atoms with E-state index in [-0.39, 0.29) is 11.7 Å². The minimum atomic E-state index is -0.315. The summed E-state index contributed by atoms with van der Waals surface area (Å²) >= 11 is 0. The number of rotatable bonds is 3. The van der Waals surface area contributed by atoms with Crippen molar-refractivity contribution >= 4 is 22.5 Å². The molecule has 0 fully saturated rings. The van der Waals surface area contributed by atoms with Gasteiger partial charge in [0.05, 0.1) is 11.2 Å². The molecule has 0 bridgehead atoms. The van der Waals surface area contributed by atoms with E-state index in [2.05, 4.69) is 15.5 Å². The standard InChI is InChI=1S/C16H14FN3O/c1-2-15(21)18-13-6-4-3-5-11(13)16-12-8-7-10(17)9-14(12)19-20-16/h3-9H,2H2,1H3,(H,18,21)(H,19,20). The van der Waals surface area contributed by atoms with E-state index < -0.39 is 0 Å². The number of hydrogen-bond donors (Lipinski definition) is 2. The second-order valence-electron chi connectivity index (χ2n) is 4.71. The molecule has 0 radical (unpaired) electrons. The van der Waals surface area contributed by atoms with Gasteiger partial charge >= 0.3 is 0 Å². The molecule has 5 heteroatoms. The van der Waals surface area contributed by atoms with Crippen LogP contribution in [0, 0.1) is 5.82 Å². The van der Waals surface area contributed by atoms with Gasteiger partial charge in [0.15, 0.2) is 0 Å². The zero-order chi connectivity index (χ0) is 14.8. The zero-order valence-electron chi connectivity index (χ0n) is 11.5. The Balaban J connectivity index is 2.12. The van der Waals surface area contributed by atoms with Gasteiger partial charge < -0.3 is 5.32 Å². The predicted octanol–water partition coefficient (Wildman–Crippen LogP) is 3.72. The minimum Gasteiger partial charge on any atom is -0.325 e. The number of H-pyrrole nitrogens is 1. The molecule has 0 saturated carbocycles. The maximum atomic E-state index is 13.2. The van der Waals surface area contributed by atoms with Crippen molar-refractivity contribution in [2.45, 2.75) is 13.3 Å². The first-order valence-electron chi connectivity index (χ1n) is 6.72. The summed E-state index contributed by atoms with van der Waals surface area (Å²) in [4.78, 5) is 11.6. The largest absolute Gasteiger partial charge is 0.325 e. The second-order valence-corrected chi connectivity index (χ2v) is 4.71. The van der Waals surface area contributed by atoms with E-state index in [9.17, 15) is 9.18 Å². The average Bonchev–Trinajstić information content (AvgIpc) is 2.90. The molecule has 1 amide bonds. The number of anilines is 1. The van der Waals surface area contributed by atoms with Crippen LogP contribution < -0.4 is 5.32 Å². The Morgan fingerprint density at radius 1 is 1.29 bits per heavy atom. The number of aromatic nitrogens is 2. The number of benzene rings is 2. The number of amides is 1. The first kappa shape index (κ1) is 13.3. The van der Waals surface area contributed by atoms with Crippen LogP contribution in [0.4, 0.5) is 10.1 Å². The SMILES string of the molecule is CCC(=O)Nc1ccccc1-c1n[nH]c2cc(F)ccc12. The fourth-order valence-electron chi connectivity index (χ4n) is 2.23. The number of hydrogen-bond acceptors (Lipinski definition) is 2. The van der Waals surface area contributed by atoms with E-state index >= 15 is 0 Å².